The van der Waals surface area contributed by atoms with Gasteiger partial charge in [-0.3, -0.25) is 10.1 Å². The summed E-state index contributed by atoms with van der Waals surface area (Å²) in [5, 5.41) is 17.8. The minimum absolute atomic E-state index is 0.00455. The van der Waals surface area contributed by atoms with E-state index >= 15 is 0 Å². The summed E-state index contributed by atoms with van der Waals surface area (Å²) in [4.78, 5) is 26.1. The Hall–Kier alpha value is -3.31. The van der Waals surface area contributed by atoms with Crippen LogP contribution >= 0.6 is 27.3 Å². The fraction of sp³-hybridized carbons (Fsp3) is 0.150. The summed E-state index contributed by atoms with van der Waals surface area (Å²) < 4.78 is 0.914. The highest BCUT2D eigenvalue weighted by Crippen LogP contribution is 2.17. The van der Waals surface area contributed by atoms with E-state index in [1.165, 1.54) is 0 Å². The van der Waals surface area contributed by atoms with E-state index in [1.54, 1.807) is 18.3 Å². The van der Waals surface area contributed by atoms with E-state index in [9.17, 15) is 9.59 Å². The maximum absolute atomic E-state index is 12.1. The summed E-state index contributed by atoms with van der Waals surface area (Å²) in [6.45, 7) is 0. The first-order valence-corrected chi connectivity index (χ1v) is 10.8. The number of urea groups is 1. The molecule has 2 aromatic carbocycles. The van der Waals surface area contributed by atoms with Gasteiger partial charge in [-0.05, 0) is 42.0 Å². The normalized spacial score (nSPS) is 10.7. The van der Waals surface area contributed by atoms with Gasteiger partial charge in [-0.2, -0.15) is 5.10 Å². The summed E-state index contributed by atoms with van der Waals surface area (Å²) in [6.07, 6.45) is 1.57. The molecule has 160 valence electrons. The SMILES string of the molecule is CN(C)c1ccc(/C=N\NC(=O)Cc2nnc(NC(=O)Nc3ccc(Br)cc3)s2)cc1. The summed E-state index contributed by atoms with van der Waals surface area (Å²) in [5.41, 5.74) is 5.04. The molecule has 31 heavy (non-hydrogen) atoms. The third-order valence-corrected chi connectivity index (χ3v) is 5.28. The molecule has 0 bridgehead atoms. The van der Waals surface area contributed by atoms with Crippen LogP contribution in [0, 0.1) is 0 Å². The van der Waals surface area contributed by atoms with E-state index in [4.69, 9.17) is 0 Å². The molecule has 0 saturated heterocycles. The second-order valence-electron chi connectivity index (χ2n) is 6.54. The monoisotopic (exact) mass is 501 g/mol. The minimum atomic E-state index is -0.445. The Morgan fingerprint density at radius 2 is 1.77 bits per heavy atom. The Labute approximate surface area is 191 Å². The van der Waals surface area contributed by atoms with E-state index in [2.05, 4.69) is 47.3 Å². The molecule has 3 rings (SSSR count). The minimum Gasteiger partial charge on any atom is -0.378 e. The Kier molecular flexibility index (Phi) is 7.68. The van der Waals surface area contributed by atoms with Gasteiger partial charge in [0.1, 0.15) is 5.01 Å². The van der Waals surface area contributed by atoms with Gasteiger partial charge in [-0.15, -0.1) is 10.2 Å². The Bertz CT molecular complexity index is 1070. The second kappa shape index (κ2) is 10.6. The summed E-state index contributed by atoms with van der Waals surface area (Å²) in [7, 11) is 3.93. The third kappa shape index (κ3) is 7.15. The van der Waals surface area contributed by atoms with Crippen LogP contribution in [-0.4, -0.2) is 42.4 Å². The molecular weight excluding hydrogens is 482 g/mol. The van der Waals surface area contributed by atoms with E-state index in [0.29, 0.717) is 15.8 Å². The van der Waals surface area contributed by atoms with E-state index in [1.807, 2.05) is 55.4 Å². The fourth-order valence-corrected chi connectivity index (χ4v) is 3.38. The zero-order valence-electron chi connectivity index (χ0n) is 16.8. The van der Waals surface area contributed by atoms with Gasteiger partial charge in [0.15, 0.2) is 0 Å². The molecule has 11 heteroatoms. The third-order valence-electron chi connectivity index (χ3n) is 3.91. The molecule has 0 unspecified atom stereocenters. The zero-order chi connectivity index (χ0) is 22.2. The van der Waals surface area contributed by atoms with Crippen molar-refractivity contribution in [2.45, 2.75) is 6.42 Å². The predicted octanol–water partition coefficient (Wildman–Crippen LogP) is 3.70. The van der Waals surface area contributed by atoms with E-state index in [0.717, 1.165) is 27.1 Å². The van der Waals surface area contributed by atoms with Gasteiger partial charge in [-0.1, -0.05) is 39.4 Å². The van der Waals surface area contributed by atoms with Crippen molar-refractivity contribution in [1.29, 1.82) is 0 Å². The molecule has 0 aliphatic heterocycles. The summed E-state index contributed by atoms with van der Waals surface area (Å²) in [5.74, 6) is -0.330. The molecule has 0 aliphatic carbocycles. The first-order valence-electron chi connectivity index (χ1n) is 9.14. The van der Waals surface area contributed by atoms with Gasteiger partial charge in [0.2, 0.25) is 11.0 Å². The van der Waals surface area contributed by atoms with Crippen molar-refractivity contribution < 1.29 is 9.59 Å². The van der Waals surface area contributed by atoms with Crippen molar-refractivity contribution in [3.8, 4) is 0 Å². The van der Waals surface area contributed by atoms with Crippen LogP contribution in [0.2, 0.25) is 0 Å². The molecule has 0 aliphatic rings. The summed E-state index contributed by atoms with van der Waals surface area (Å²) in [6, 6.07) is 14.5. The van der Waals surface area contributed by atoms with Crippen LogP contribution in [0.5, 0.6) is 0 Å². The van der Waals surface area contributed by atoms with Crippen molar-refractivity contribution in [3.63, 3.8) is 0 Å². The molecule has 0 radical (unpaired) electrons. The zero-order valence-corrected chi connectivity index (χ0v) is 19.2. The number of nitrogens with one attached hydrogen (secondary N) is 3. The van der Waals surface area contributed by atoms with Crippen molar-refractivity contribution in [2.24, 2.45) is 5.10 Å². The van der Waals surface area contributed by atoms with Crippen LogP contribution in [0.3, 0.4) is 0 Å². The number of carbonyl (C=O) groups excluding carboxylic acids is 2. The number of hydrogen-bond acceptors (Lipinski definition) is 7. The average molecular weight is 502 g/mol. The Morgan fingerprint density at radius 1 is 1.06 bits per heavy atom. The van der Waals surface area contributed by atoms with Gasteiger partial charge in [0.25, 0.3) is 0 Å². The molecule has 0 saturated carbocycles. The highest BCUT2D eigenvalue weighted by atomic mass is 79.9. The maximum Gasteiger partial charge on any atom is 0.325 e. The highest BCUT2D eigenvalue weighted by molar-refractivity contribution is 9.10. The number of benzene rings is 2. The molecule has 3 amide bonds. The molecule has 3 aromatic rings. The number of nitrogens with zero attached hydrogens (tertiary/aromatic N) is 4. The standard InChI is InChI=1S/C20H20BrN7O2S/c1-28(2)16-9-3-13(4-10-16)12-22-25-17(29)11-18-26-27-20(31-18)24-19(30)23-15-7-5-14(21)6-8-15/h3-10,12H,11H2,1-2H3,(H,25,29)(H2,23,24,27,30)/b22-12-. The molecule has 0 spiro atoms. The lowest BCUT2D eigenvalue weighted by molar-refractivity contribution is -0.120. The smallest absolute Gasteiger partial charge is 0.325 e. The van der Waals surface area contributed by atoms with Crippen LogP contribution in [0.25, 0.3) is 0 Å². The second-order valence-corrected chi connectivity index (χ2v) is 8.52. The quantitative estimate of drug-likeness (QED) is 0.337. The van der Waals surface area contributed by atoms with Gasteiger partial charge in [0, 0.05) is 29.9 Å². The highest BCUT2D eigenvalue weighted by Gasteiger charge is 2.11. The van der Waals surface area contributed by atoms with Gasteiger partial charge >= 0.3 is 6.03 Å². The number of anilines is 3. The topological polar surface area (TPSA) is 112 Å². The number of hydrazone groups is 1. The number of aromatic nitrogens is 2. The molecular formula is C20H20BrN7O2S. The molecule has 1 aromatic heterocycles. The number of halogens is 1. The van der Waals surface area contributed by atoms with Crippen molar-refractivity contribution in [3.05, 3.63) is 63.6 Å². The predicted molar refractivity (Wildman–Crippen MR) is 127 cm³/mol. The summed E-state index contributed by atoms with van der Waals surface area (Å²) >= 11 is 4.45. The lowest BCUT2D eigenvalue weighted by Crippen LogP contribution is -2.19. The first-order chi connectivity index (χ1) is 14.9. The number of carbonyl (C=O) groups is 2. The van der Waals surface area contributed by atoms with Crippen molar-refractivity contribution in [1.82, 2.24) is 15.6 Å². The largest absolute Gasteiger partial charge is 0.378 e. The average Bonchev–Trinajstić information content (AvgIpc) is 3.16. The lowest BCUT2D eigenvalue weighted by Gasteiger charge is -2.11. The molecule has 1 heterocycles. The van der Waals surface area contributed by atoms with Crippen LogP contribution in [0.15, 0.2) is 58.1 Å². The van der Waals surface area contributed by atoms with Crippen LogP contribution in [-0.2, 0) is 11.2 Å². The molecule has 0 fully saturated rings. The van der Waals surface area contributed by atoms with Gasteiger partial charge in [-0.25, -0.2) is 10.2 Å². The maximum atomic E-state index is 12.1. The molecule has 0 atom stereocenters. The van der Waals surface area contributed by atoms with Crippen LogP contribution < -0.4 is 21.0 Å². The first kappa shape index (κ1) is 22.4. The number of rotatable bonds is 7. The van der Waals surface area contributed by atoms with Gasteiger partial charge < -0.3 is 10.2 Å². The van der Waals surface area contributed by atoms with Crippen LogP contribution in [0.4, 0.5) is 21.3 Å². The molecule has 3 N–H and O–H groups in total. The fourth-order valence-electron chi connectivity index (χ4n) is 2.38. The Balaban J connectivity index is 1.45. The van der Waals surface area contributed by atoms with Gasteiger partial charge in [0.05, 0.1) is 12.6 Å². The number of hydrogen-bond donors (Lipinski definition) is 3. The molecule has 9 nitrogen and oxygen atoms in total. The van der Waals surface area contributed by atoms with Crippen molar-refractivity contribution in [2.75, 3.05) is 29.6 Å². The van der Waals surface area contributed by atoms with E-state index < -0.39 is 6.03 Å². The van der Waals surface area contributed by atoms with Crippen LogP contribution in [0.1, 0.15) is 10.6 Å². The Morgan fingerprint density at radius 3 is 2.45 bits per heavy atom. The number of amides is 3. The van der Waals surface area contributed by atoms with E-state index in [-0.39, 0.29) is 12.3 Å². The van der Waals surface area contributed by atoms with Crippen molar-refractivity contribution >= 4 is 61.9 Å². The lowest BCUT2D eigenvalue weighted by atomic mass is 10.2.